The van der Waals surface area contributed by atoms with Gasteiger partial charge in [0.15, 0.2) is 0 Å². The highest BCUT2D eigenvalue weighted by Gasteiger charge is 2.26. The van der Waals surface area contributed by atoms with Crippen molar-refractivity contribution in [2.24, 2.45) is 7.05 Å². The monoisotopic (exact) mass is 627 g/mol. The molecule has 1 aliphatic heterocycles. The largest absolute Gasteiger partial charge is 0.444 e. The van der Waals surface area contributed by atoms with E-state index >= 15 is 0 Å². The molecule has 1 aliphatic rings. The number of nitrogens with one attached hydrogen (secondary N) is 1. The second-order valence-electron chi connectivity index (χ2n) is 12.4. The molecule has 10 nitrogen and oxygen atoms in total. The second kappa shape index (κ2) is 12.4. The number of amides is 2. The molecule has 1 saturated heterocycles. The molecule has 6 rings (SSSR count). The third-order valence-electron chi connectivity index (χ3n) is 7.70. The van der Waals surface area contributed by atoms with Crippen molar-refractivity contribution in [3.8, 4) is 27.9 Å². The highest BCUT2D eigenvalue weighted by Crippen LogP contribution is 2.32. The van der Waals surface area contributed by atoms with Crippen LogP contribution in [0.25, 0.3) is 39.0 Å². The van der Waals surface area contributed by atoms with Crippen LogP contribution in [0.4, 0.5) is 19.3 Å². The van der Waals surface area contributed by atoms with Gasteiger partial charge in [0.25, 0.3) is 0 Å². The molecule has 0 spiro atoms. The van der Waals surface area contributed by atoms with Gasteiger partial charge in [-0.2, -0.15) is 5.10 Å². The third kappa shape index (κ3) is 6.91. The first-order chi connectivity index (χ1) is 21.9. The average Bonchev–Trinajstić information content (AvgIpc) is 3.62. The number of hydrogen-bond acceptors (Lipinski definition) is 6. The maximum atomic E-state index is 15.0. The lowest BCUT2D eigenvalue weighted by molar-refractivity contribution is -0.117. The fourth-order valence-electron chi connectivity index (χ4n) is 5.49. The van der Waals surface area contributed by atoms with Gasteiger partial charge in [-0.05, 0) is 74.4 Å². The van der Waals surface area contributed by atoms with Crippen LogP contribution in [-0.4, -0.2) is 79.5 Å². The quantitative estimate of drug-likeness (QED) is 0.253. The van der Waals surface area contributed by atoms with Gasteiger partial charge in [-0.3, -0.25) is 18.9 Å². The Balaban J connectivity index is 1.25. The smallest absolute Gasteiger partial charge is 0.410 e. The predicted octanol–water partition coefficient (Wildman–Crippen LogP) is 5.86. The van der Waals surface area contributed by atoms with Crippen LogP contribution in [0.2, 0.25) is 0 Å². The van der Waals surface area contributed by atoms with E-state index in [1.54, 1.807) is 40.3 Å². The van der Waals surface area contributed by atoms with E-state index in [0.29, 0.717) is 43.1 Å². The van der Waals surface area contributed by atoms with Crippen LogP contribution in [0.5, 0.6) is 0 Å². The molecule has 1 N–H and O–H groups in total. The Labute approximate surface area is 265 Å². The Morgan fingerprint density at radius 1 is 0.935 bits per heavy atom. The van der Waals surface area contributed by atoms with E-state index in [-0.39, 0.29) is 24.1 Å². The van der Waals surface area contributed by atoms with Crippen LogP contribution in [0.15, 0.2) is 73.3 Å². The summed E-state index contributed by atoms with van der Waals surface area (Å²) >= 11 is 0. The van der Waals surface area contributed by atoms with E-state index in [1.165, 1.54) is 12.1 Å². The zero-order chi connectivity index (χ0) is 32.6. The van der Waals surface area contributed by atoms with Gasteiger partial charge in [-0.25, -0.2) is 18.6 Å². The van der Waals surface area contributed by atoms with Gasteiger partial charge in [-0.1, -0.05) is 6.07 Å². The molecule has 0 unspecified atom stereocenters. The van der Waals surface area contributed by atoms with Crippen LogP contribution in [0, 0.1) is 11.6 Å². The third-order valence-corrected chi connectivity index (χ3v) is 7.70. The maximum absolute atomic E-state index is 15.0. The van der Waals surface area contributed by atoms with Gasteiger partial charge in [0, 0.05) is 68.0 Å². The van der Waals surface area contributed by atoms with Gasteiger partial charge in [0.05, 0.1) is 23.8 Å². The number of fused-ring (bicyclic) bond motifs is 1. The number of halogens is 2. The van der Waals surface area contributed by atoms with Crippen molar-refractivity contribution in [3.63, 3.8) is 0 Å². The first-order valence-corrected chi connectivity index (χ1v) is 15.0. The molecule has 0 saturated carbocycles. The van der Waals surface area contributed by atoms with Gasteiger partial charge in [0.2, 0.25) is 5.91 Å². The summed E-state index contributed by atoms with van der Waals surface area (Å²) in [5, 5.41) is 7.20. The molecule has 12 heteroatoms. The molecule has 0 atom stereocenters. The lowest BCUT2D eigenvalue weighted by Gasteiger charge is -2.35. The summed E-state index contributed by atoms with van der Waals surface area (Å²) in [5.41, 5.74) is 4.65. The molecular weight excluding hydrogens is 592 g/mol. The first-order valence-electron chi connectivity index (χ1n) is 15.0. The van der Waals surface area contributed by atoms with Crippen molar-refractivity contribution < 1.29 is 23.1 Å². The summed E-state index contributed by atoms with van der Waals surface area (Å²) in [4.78, 5) is 33.8. The number of hydrogen-bond donors (Lipinski definition) is 1. The number of piperazine rings is 1. The Bertz CT molecular complexity index is 1920. The van der Waals surface area contributed by atoms with Crippen molar-refractivity contribution in [1.29, 1.82) is 0 Å². The molecule has 238 valence electrons. The minimum absolute atomic E-state index is 0.109. The molecule has 0 aliphatic carbocycles. The van der Waals surface area contributed by atoms with Gasteiger partial charge in [0.1, 0.15) is 23.6 Å². The Morgan fingerprint density at radius 2 is 1.72 bits per heavy atom. The standard InChI is InChI=1S/C34H35F2N7O3/c1-34(2,3)46-33(45)42-11-9-41(10-12-42)20-32(44)39-26-13-23(28-7-6-25(35)16-29(28)36)14-27(17-26)43-21-37-30-15-22(5-8-31(30)43)24-18-38-40(4)19-24/h5-8,13-19,21H,9-12,20H2,1-4H3,(H,39,44). The summed E-state index contributed by atoms with van der Waals surface area (Å²) < 4.78 is 37.8. The number of carbonyl (C=O) groups excluding carboxylic acids is 2. The minimum Gasteiger partial charge on any atom is -0.444 e. The zero-order valence-corrected chi connectivity index (χ0v) is 26.1. The van der Waals surface area contributed by atoms with E-state index in [4.69, 9.17) is 4.74 Å². The van der Waals surface area contributed by atoms with Crippen LogP contribution in [0.3, 0.4) is 0 Å². The molecule has 3 heterocycles. The number of anilines is 1. The topological polar surface area (TPSA) is 97.5 Å². The van der Waals surface area contributed by atoms with E-state index in [2.05, 4.69) is 15.4 Å². The first kappa shape index (κ1) is 30.9. The highest BCUT2D eigenvalue weighted by molar-refractivity contribution is 5.94. The van der Waals surface area contributed by atoms with Gasteiger partial charge >= 0.3 is 6.09 Å². The Morgan fingerprint density at radius 3 is 2.41 bits per heavy atom. The molecule has 5 aromatic rings. The average molecular weight is 628 g/mol. The Hall–Kier alpha value is -5.10. The number of ether oxygens (including phenoxy) is 1. The molecule has 3 aromatic carbocycles. The second-order valence-corrected chi connectivity index (χ2v) is 12.4. The summed E-state index contributed by atoms with van der Waals surface area (Å²) in [7, 11) is 1.86. The SMILES string of the molecule is Cn1cc(-c2ccc3c(c2)ncn3-c2cc(NC(=O)CN3CCN(C(=O)OC(C)(C)C)CC3)cc(-c3ccc(F)cc3F)c2)cn1. The maximum Gasteiger partial charge on any atom is 0.410 e. The molecular formula is C34H35F2N7O3. The number of aryl methyl sites for hydroxylation is 1. The van der Waals surface area contributed by atoms with E-state index in [0.717, 1.165) is 28.2 Å². The molecule has 46 heavy (non-hydrogen) atoms. The van der Waals surface area contributed by atoms with Crippen molar-refractivity contribution in [2.75, 3.05) is 38.0 Å². The number of aromatic nitrogens is 4. The van der Waals surface area contributed by atoms with E-state index in [9.17, 15) is 18.4 Å². The van der Waals surface area contributed by atoms with Crippen LogP contribution < -0.4 is 5.32 Å². The number of rotatable bonds is 6. The van der Waals surface area contributed by atoms with Crippen molar-refractivity contribution in [1.82, 2.24) is 29.1 Å². The summed E-state index contributed by atoms with van der Waals surface area (Å²) in [6, 6.07) is 14.5. The van der Waals surface area contributed by atoms with Crippen molar-refractivity contribution >= 4 is 28.7 Å². The van der Waals surface area contributed by atoms with Crippen LogP contribution in [-0.2, 0) is 16.6 Å². The minimum atomic E-state index is -0.714. The predicted molar refractivity (Wildman–Crippen MR) is 172 cm³/mol. The van der Waals surface area contributed by atoms with Crippen LogP contribution in [0.1, 0.15) is 20.8 Å². The van der Waals surface area contributed by atoms with Crippen LogP contribution >= 0.6 is 0 Å². The molecule has 2 amide bonds. The van der Waals surface area contributed by atoms with E-state index in [1.807, 2.05) is 61.7 Å². The zero-order valence-electron chi connectivity index (χ0n) is 26.1. The highest BCUT2D eigenvalue weighted by atomic mass is 19.1. The number of nitrogens with zero attached hydrogens (tertiary/aromatic N) is 6. The normalized spacial score (nSPS) is 14.1. The lowest BCUT2D eigenvalue weighted by Crippen LogP contribution is -2.51. The van der Waals surface area contributed by atoms with Gasteiger partial charge < -0.3 is 15.0 Å². The number of carbonyl (C=O) groups is 2. The summed E-state index contributed by atoms with van der Waals surface area (Å²) in [5.74, 6) is -1.65. The fraction of sp³-hybridized carbons (Fsp3) is 0.294. The fourth-order valence-corrected chi connectivity index (χ4v) is 5.49. The summed E-state index contributed by atoms with van der Waals surface area (Å²) in [6.07, 6.45) is 5.02. The summed E-state index contributed by atoms with van der Waals surface area (Å²) in [6.45, 7) is 7.51. The molecule has 0 radical (unpaired) electrons. The van der Waals surface area contributed by atoms with Gasteiger partial charge in [-0.15, -0.1) is 0 Å². The van der Waals surface area contributed by atoms with Crippen molar-refractivity contribution in [2.45, 2.75) is 26.4 Å². The lowest BCUT2D eigenvalue weighted by atomic mass is 10.0. The molecule has 1 fully saturated rings. The Kier molecular flexibility index (Phi) is 8.30. The van der Waals surface area contributed by atoms with E-state index < -0.39 is 17.2 Å². The molecule has 2 aromatic heterocycles. The molecule has 0 bridgehead atoms. The number of benzene rings is 3. The van der Waals surface area contributed by atoms with Crippen molar-refractivity contribution in [3.05, 3.63) is 85.0 Å². The number of imidazole rings is 1.